The van der Waals surface area contributed by atoms with Crippen LogP contribution in [0.1, 0.15) is 42.0 Å². The lowest BCUT2D eigenvalue weighted by atomic mass is 9.93. The highest BCUT2D eigenvalue weighted by Gasteiger charge is 2.26. The molecule has 1 aliphatic heterocycles. The number of rotatable bonds is 7. The minimum atomic E-state index is -0.810. The van der Waals surface area contributed by atoms with E-state index < -0.39 is 5.97 Å². The van der Waals surface area contributed by atoms with Gasteiger partial charge in [0.05, 0.1) is 0 Å². The van der Waals surface area contributed by atoms with Crippen LogP contribution in [-0.4, -0.2) is 35.0 Å². The molecule has 1 aromatic carbocycles. The predicted molar refractivity (Wildman–Crippen MR) is 94.9 cm³/mol. The number of ether oxygens (including phenoxy) is 1. The SMILES string of the molecule is O=C(O)CCC1CCCN(C(=O)c2ccc(COc3ccc(F)cc3)o2)C1. The maximum atomic E-state index is 12.9. The molecule has 1 amide bonds. The van der Waals surface area contributed by atoms with E-state index in [4.69, 9.17) is 14.3 Å². The minimum absolute atomic E-state index is 0.123. The van der Waals surface area contributed by atoms with Gasteiger partial charge in [0.25, 0.3) is 5.91 Å². The molecule has 0 spiro atoms. The standard InChI is InChI=1S/C20H22FNO5/c21-15-4-6-16(7-5-15)26-13-17-8-9-18(27-17)20(25)22-11-1-2-14(12-22)3-10-19(23)24/h4-9,14H,1-3,10-13H2,(H,23,24). The average molecular weight is 375 g/mol. The second-order valence-corrected chi connectivity index (χ2v) is 6.70. The molecule has 7 heteroatoms. The van der Waals surface area contributed by atoms with Crippen LogP contribution < -0.4 is 4.74 Å². The molecule has 1 N–H and O–H groups in total. The van der Waals surface area contributed by atoms with Gasteiger partial charge in [-0.25, -0.2) is 4.39 Å². The molecule has 2 heterocycles. The molecule has 0 saturated carbocycles. The van der Waals surface area contributed by atoms with E-state index in [1.807, 2.05) is 0 Å². The second kappa shape index (κ2) is 8.70. The van der Waals surface area contributed by atoms with E-state index in [0.717, 1.165) is 12.8 Å². The van der Waals surface area contributed by atoms with Crippen molar-refractivity contribution in [2.45, 2.75) is 32.3 Å². The first kappa shape index (κ1) is 18.9. The number of likely N-dealkylation sites (tertiary alicyclic amines) is 1. The molecule has 1 fully saturated rings. The number of halogens is 1. The highest BCUT2D eigenvalue weighted by molar-refractivity contribution is 5.91. The Bertz CT molecular complexity index is 786. The zero-order valence-electron chi connectivity index (χ0n) is 14.9. The van der Waals surface area contributed by atoms with Crippen LogP contribution in [0.3, 0.4) is 0 Å². The molecule has 0 bridgehead atoms. The number of amides is 1. The Balaban J connectivity index is 1.54. The van der Waals surface area contributed by atoms with Crippen LogP contribution in [0.2, 0.25) is 0 Å². The van der Waals surface area contributed by atoms with Gasteiger partial charge in [0.2, 0.25) is 0 Å². The molecule has 3 rings (SSSR count). The molecule has 0 aliphatic carbocycles. The molecule has 1 unspecified atom stereocenters. The van der Waals surface area contributed by atoms with Crippen LogP contribution in [0.25, 0.3) is 0 Å². The predicted octanol–water partition coefficient (Wildman–Crippen LogP) is 3.71. The van der Waals surface area contributed by atoms with E-state index >= 15 is 0 Å². The number of carboxylic acid groups (broad SMARTS) is 1. The van der Waals surface area contributed by atoms with Crippen LogP contribution in [0.4, 0.5) is 4.39 Å². The van der Waals surface area contributed by atoms with Crippen molar-refractivity contribution in [2.24, 2.45) is 5.92 Å². The van der Waals surface area contributed by atoms with E-state index in [9.17, 15) is 14.0 Å². The normalized spacial score (nSPS) is 16.9. The third kappa shape index (κ3) is 5.32. The molecule has 1 saturated heterocycles. The number of carbonyl (C=O) groups is 2. The van der Waals surface area contributed by atoms with Crippen LogP contribution in [0.15, 0.2) is 40.8 Å². The summed E-state index contributed by atoms with van der Waals surface area (Å²) in [6.07, 6.45) is 2.50. The van der Waals surface area contributed by atoms with Crippen LogP contribution in [0, 0.1) is 11.7 Å². The fourth-order valence-electron chi connectivity index (χ4n) is 3.22. The number of piperidine rings is 1. The van der Waals surface area contributed by atoms with Gasteiger partial charge in [-0.3, -0.25) is 9.59 Å². The van der Waals surface area contributed by atoms with Crippen molar-refractivity contribution in [2.75, 3.05) is 13.1 Å². The van der Waals surface area contributed by atoms with Gasteiger partial charge in [-0.1, -0.05) is 0 Å². The Hall–Kier alpha value is -2.83. The van der Waals surface area contributed by atoms with Gasteiger partial charge in [0, 0.05) is 19.5 Å². The quantitative estimate of drug-likeness (QED) is 0.798. The van der Waals surface area contributed by atoms with Crippen molar-refractivity contribution in [3.63, 3.8) is 0 Å². The highest BCUT2D eigenvalue weighted by atomic mass is 19.1. The Morgan fingerprint density at radius 1 is 1.22 bits per heavy atom. The van der Waals surface area contributed by atoms with E-state index in [1.54, 1.807) is 17.0 Å². The third-order valence-corrected chi connectivity index (χ3v) is 4.64. The molecule has 2 aromatic rings. The number of carboxylic acids is 1. The zero-order chi connectivity index (χ0) is 19.2. The summed E-state index contributed by atoms with van der Waals surface area (Å²) in [6, 6.07) is 8.97. The molecule has 0 radical (unpaired) electrons. The smallest absolute Gasteiger partial charge is 0.303 e. The minimum Gasteiger partial charge on any atom is -0.486 e. The van der Waals surface area contributed by atoms with E-state index in [0.29, 0.717) is 31.0 Å². The summed E-state index contributed by atoms with van der Waals surface area (Å²) in [7, 11) is 0. The topological polar surface area (TPSA) is 80.0 Å². The molecular formula is C20H22FNO5. The van der Waals surface area contributed by atoms with E-state index in [1.165, 1.54) is 24.3 Å². The van der Waals surface area contributed by atoms with Crippen molar-refractivity contribution < 1.29 is 28.2 Å². The molecule has 1 aromatic heterocycles. The molecule has 1 aliphatic rings. The number of hydrogen-bond acceptors (Lipinski definition) is 4. The van der Waals surface area contributed by atoms with Crippen molar-refractivity contribution in [1.29, 1.82) is 0 Å². The van der Waals surface area contributed by atoms with Crippen LogP contribution in [-0.2, 0) is 11.4 Å². The van der Waals surface area contributed by atoms with Gasteiger partial charge < -0.3 is 19.2 Å². The van der Waals surface area contributed by atoms with Crippen molar-refractivity contribution in [1.82, 2.24) is 4.90 Å². The molecule has 144 valence electrons. The van der Waals surface area contributed by atoms with Gasteiger partial charge in [0.1, 0.15) is 23.9 Å². The van der Waals surface area contributed by atoms with Gasteiger partial charge in [-0.05, 0) is 61.6 Å². The number of nitrogens with zero attached hydrogens (tertiary/aromatic N) is 1. The Labute approximate surface area is 156 Å². The lowest BCUT2D eigenvalue weighted by Gasteiger charge is -2.32. The lowest BCUT2D eigenvalue weighted by molar-refractivity contribution is -0.137. The number of aliphatic carboxylic acids is 1. The van der Waals surface area contributed by atoms with Gasteiger partial charge >= 0.3 is 5.97 Å². The van der Waals surface area contributed by atoms with E-state index in [-0.39, 0.29) is 36.4 Å². The van der Waals surface area contributed by atoms with Crippen LogP contribution >= 0.6 is 0 Å². The van der Waals surface area contributed by atoms with E-state index in [2.05, 4.69) is 0 Å². The summed E-state index contributed by atoms with van der Waals surface area (Å²) in [5.74, 6) is 0.122. The molecule has 1 atom stereocenters. The van der Waals surface area contributed by atoms with Crippen LogP contribution in [0.5, 0.6) is 5.75 Å². The number of carbonyl (C=O) groups excluding carboxylic acids is 1. The molecule has 27 heavy (non-hydrogen) atoms. The summed E-state index contributed by atoms with van der Waals surface area (Å²) in [5, 5.41) is 8.82. The molecular weight excluding hydrogens is 353 g/mol. The number of furan rings is 1. The summed E-state index contributed by atoms with van der Waals surface area (Å²) in [6.45, 7) is 1.33. The number of hydrogen-bond donors (Lipinski definition) is 1. The summed E-state index contributed by atoms with van der Waals surface area (Å²) in [5.41, 5.74) is 0. The second-order valence-electron chi connectivity index (χ2n) is 6.70. The Kier molecular flexibility index (Phi) is 6.11. The zero-order valence-corrected chi connectivity index (χ0v) is 14.9. The van der Waals surface area contributed by atoms with Crippen molar-refractivity contribution in [3.05, 3.63) is 53.7 Å². The van der Waals surface area contributed by atoms with Gasteiger partial charge in [-0.2, -0.15) is 0 Å². The summed E-state index contributed by atoms with van der Waals surface area (Å²) < 4.78 is 24.0. The fraction of sp³-hybridized carbons (Fsp3) is 0.400. The van der Waals surface area contributed by atoms with Crippen molar-refractivity contribution >= 4 is 11.9 Å². The molecule has 6 nitrogen and oxygen atoms in total. The van der Waals surface area contributed by atoms with Gasteiger partial charge in [-0.15, -0.1) is 0 Å². The maximum Gasteiger partial charge on any atom is 0.303 e. The number of benzene rings is 1. The monoisotopic (exact) mass is 375 g/mol. The fourth-order valence-corrected chi connectivity index (χ4v) is 3.22. The summed E-state index contributed by atoms with van der Waals surface area (Å²) in [4.78, 5) is 25.1. The average Bonchev–Trinajstić information content (AvgIpc) is 3.14. The van der Waals surface area contributed by atoms with Gasteiger partial charge in [0.15, 0.2) is 5.76 Å². The Morgan fingerprint density at radius 3 is 2.74 bits per heavy atom. The highest BCUT2D eigenvalue weighted by Crippen LogP contribution is 2.23. The lowest BCUT2D eigenvalue weighted by Crippen LogP contribution is -2.39. The first-order valence-corrected chi connectivity index (χ1v) is 8.99. The largest absolute Gasteiger partial charge is 0.486 e. The van der Waals surface area contributed by atoms with Crippen molar-refractivity contribution in [3.8, 4) is 5.75 Å². The third-order valence-electron chi connectivity index (χ3n) is 4.64. The first-order valence-electron chi connectivity index (χ1n) is 8.99. The summed E-state index contributed by atoms with van der Waals surface area (Å²) >= 11 is 0. The maximum absolute atomic E-state index is 12.9. The Morgan fingerprint density at radius 2 is 2.00 bits per heavy atom. The first-order chi connectivity index (χ1) is 13.0.